The molecule has 0 radical (unpaired) electrons. The molecule has 2 N–H and O–H groups in total. The summed E-state index contributed by atoms with van der Waals surface area (Å²) in [6.45, 7) is 5.42. The van der Waals surface area contributed by atoms with E-state index in [0.717, 1.165) is 41.2 Å². The minimum atomic E-state index is -0.259. The summed E-state index contributed by atoms with van der Waals surface area (Å²) in [5.74, 6) is 2.26. The van der Waals surface area contributed by atoms with Crippen molar-refractivity contribution in [1.82, 2.24) is 5.32 Å². The molecule has 6 nitrogen and oxygen atoms in total. The van der Waals surface area contributed by atoms with E-state index in [1.165, 1.54) is 0 Å². The van der Waals surface area contributed by atoms with Crippen molar-refractivity contribution < 1.29 is 19.0 Å². The molecule has 0 aliphatic carbocycles. The van der Waals surface area contributed by atoms with Gasteiger partial charge in [-0.1, -0.05) is 19.4 Å². The molecule has 0 aromatic heterocycles. The van der Waals surface area contributed by atoms with Gasteiger partial charge in [0.1, 0.15) is 5.75 Å². The fraction of sp³-hybridized carbons (Fsp3) is 0.350. The smallest absolute Gasteiger partial charge is 0.319 e. The maximum Gasteiger partial charge on any atom is 0.319 e. The molecule has 0 atom stereocenters. The molecule has 0 saturated heterocycles. The van der Waals surface area contributed by atoms with Gasteiger partial charge in [0.25, 0.3) is 0 Å². The zero-order valence-electron chi connectivity index (χ0n) is 15.1. The van der Waals surface area contributed by atoms with Crippen molar-refractivity contribution in [3.63, 3.8) is 0 Å². The maximum absolute atomic E-state index is 12.2. The number of ether oxygens (including phenoxy) is 3. The molecule has 1 aliphatic heterocycles. The Morgan fingerprint density at radius 2 is 2.00 bits per heavy atom. The summed E-state index contributed by atoms with van der Waals surface area (Å²) in [5.41, 5.74) is 2.66. The number of carbonyl (C=O) groups is 1. The molecule has 2 aromatic carbocycles. The van der Waals surface area contributed by atoms with Gasteiger partial charge < -0.3 is 24.8 Å². The van der Waals surface area contributed by atoms with E-state index in [1.807, 2.05) is 43.3 Å². The first kappa shape index (κ1) is 17.9. The molecular weight excluding hydrogens is 332 g/mol. The van der Waals surface area contributed by atoms with Crippen molar-refractivity contribution in [2.24, 2.45) is 0 Å². The van der Waals surface area contributed by atoms with Gasteiger partial charge in [0, 0.05) is 12.2 Å². The minimum absolute atomic E-state index is 0.240. The number of anilines is 1. The lowest BCUT2D eigenvalue weighted by Crippen LogP contribution is -2.28. The molecule has 2 amide bonds. The molecular formula is C20H24N2O4. The lowest BCUT2D eigenvalue weighted by Gasteiger charge is -2.12. The summed E-state index contributed by atoms with van der Waals surface area (Å²) in [6, 6.07) is 11.0. The molecule has 0 fully saturated rings. The Balaban J connectivity index is 1.51. The fourth-order valence-corrected chi connectivity index (χ4v) is 2.60. The first-order valence-electron chi connectivity index (χ1n) is 8.82. The topological polar surface area (TPSA) is 68.8 Å². The normalized spacial score (nSPS) is 11.9. The number of hydrogen-bond acceptors (Lipinski definition) is 4. The second-order valence-electron chi connectivity index (χ2n) is 6.17. The van der Waals surface area contributed by atoms with E-state index in [9.17, 15) is 4.79 Å². The third-order valence-electron chi connectivity index (χ3n) is 4.10. The number of hydrogen-bond donors (Lipinski definition) is 2. The second-order valence-corrected chi connectivity index (χ2v) is 6.17. The molecule has 2 aromatic rings. The highest BCUT2D eigenvalue weighted by molar-refractivity contribution is 5.90. The van der Waals surface area contributed by atoms with Crippen LogP contribution in [0.4, 0.5) is 10.5 Å². The van der Waals surface area contributed by atoms with Crippen LogP contribution < -0.4 is 24.8 Å². The average Bonchev–Trinajstić information content (AvgIpc) is 3.10. The number of carbonyl (C=O) groups excluding carboxylic acids is 1. The summed E-state index contributed by atoms with van der Waals surface area (Å²) >= 11 is 0. The Hall–Kier alpha value is -2.89. The molecule has 0 spiro atoms. The highest BCUT2D eigenvalue weighted by atomic mass is 16.7. The largest absolute Gasteiger partial charge is 0.494 e. The van der Waals surface area contributed by atoms with Crippen molar-refractivity contribution >= 4 is 11.7 Å². The van der Waals surface area contributed by atoms with Crippen molar-refractivity contribution in [1.29, 1.82) is 0 Å². The van der Waals surface area contributed by atoms with Crippen LogP contribution in [-0.4, -0.2) is 19.4 Å². The summed E-state index contributed by atoms with van der Waals surface area (Å²) < 4.78 is 16.3. The number of urea groups is 1. The first-order chi connectivity index (χ1) is 12.7. The highest BCUT2D eigenvalue weighted by Crippen LogP contribution is 2.32. The van der Waals surface area contributed by atoms with E-state index in [0.29, 0.717) is 18.9 Å². The number of unbranched alkanes of at least 4 members (excludes halogenated alkanes) is 1. The number of rotatable bonds is 7. The van der Waals surface area contributed by atoms with Gasteiger partial charge in [0.15, 0.2) is 11.5 Å². The van der Waals surface area contributed by atoms with Crippen LogP contribution in [-0.2, 0) is 6.54 Å². The van der Waals surface area contributed by atoms with Crippen molar-refractivity contribution in [2.75, 3.05) is 18.7 Å². The monoisotopic (exact) mass is 356 g/mol. The molecule has 26 heavy (non-hydrogen) atoms. The summed E-state index contributed by atoms with van der Waals surface area (Å²) in [7, 11) is 0. The second kappa shape index (κ2) is 8.47. The van der Waals surface area contributed by atoms with Crippen LogP contribution >= 0.6 is 0 Å². The van der Waals surface area contributed by atoms with Gasteiger partial charge in [0.05, 0.1) is 6.61 Å². The lowest BCUT2D eigenvalue weighted by molar-refractivity contribution is 0.174. The van der Waals surface area contributed by atoms with E-state index in [-0.39, 0.29) is 12.8 Å². The van der Waals surface area contributed by atoms with Crippen LogP contribution in [0, 0.1) is 6.92 Å². The predicted molar refractivity (Wildman–Crippen MR) is 100 cm³/mol. The van der Waals surface area contributed by atoms with Crippen LogP contribution in [0.2, 0.25) is 0 Å². The lowest BCUT2D eigenvalue weighted by atomic mass is 10.2. The van der Waals surface area contributed by atoms with Crippen LogP contribution in [0.25, 0.3) is 0 Å². The van der Waals surface area contributed by atoms with E-state index in [4.69, 9.17) is 14.2 Å². The maximum atomic E-state index is 12.2. The van der Waals surface area contributed by atoms with Gasteiger partial charge in [-0.2, -0.15) is 0 Å². The van der Waals surface area contributed by atoms with E-state index in [1.54, 1.807) is 0 Å². The van der Waals surface area contributed by atoms with E-state index in [2.05, 4.69) is 17.6 Å². The van der Waals surface area contributed by atoms with Crippen LogP contribution in [0.1, 0.15) is 30.9 Å². The average molecular weight is 356 g/mol. The minimum Gasteiger partial charge on any atom is -0.494 e. The molecule has 0 saturated carbocycles. The Morgan fingerprint density at radius 1 is 1.15 bits per heavy atom. The standard InChI is InChI=1S/C20H24N2O4/c1-3-4-9-24-16-6-7-17(14(2)10-16)22-20(23)21-12-15-5-8-18-19(11-15)26-13-25-18/h5-8,10-11H,3-4,9,12-13H2,1-2H3,(H2,21,22,23). The van der Waals surface area contributed by atoms with Crippen molar-refractivity contribution in [2.45, 2.75) is 33.2 Å². The Bertz CT molecular complexity index is 776. The molecule has 1 aliphatic rings. The zero-order chi connectivity index (χ0) is 18.4. The van der Waals surface area contributed by atoms with Gasteiger partial charge in [-0.15, -0.1) is 0 Å². The summed E-state index contributed by atoms with van der Waals surface area (Å²) in [4.78, 5) is 12.2. The van der Waals surface area contributed by atoms with Gasteiger partial charge >= 0.3 is 6.03 Å². The van der Waals surface area contributed by atoms with E-state index < -0.39 is 0 Å². The Kier molecular flexibility index (Phi) is 5.84. The number of fused-ring (bicyclic) bond motifs is 1. The fourth-order valence-electron chi connectivity index (χ4n) is 2.60. The zero-order valence-corrected chi connectivity index (χ0v) is 15.1. The Labute approximate surface area is 153 Å². The summed E-state index contributed by atoms with van der Waals surface area (Å²) in [6.07, 6.45) is 2.13. The molecule has 3 rings (SSSR count). The van der Waals surface area contributed by atoms with Crippen molar-refractivity contribution in [3.8, 4) is 17.2 Å². The Morgan fingerprint density at radius 3 is 2.81 bits per heavy atom. The van der Waals surface area contributed by atoms with Crippen LogP contribution in [0.15, 0.2) is 36.4 Å². The van der Waals surface area contributed by atoms with Gasteiger partial charge in [-0.05, 0) is 54.8 Å². The van der Waals surface area contributed by atoms with Crippen LogP contribution in [0.3, 0.4) is 0 Å². The summed E-state index contributed by atoms with van der Waals surface area (Å²) in [5, 5.41) is 5.71. The molecule has 0 bridgehead atoms. The third kappa shape index (κ3) is 4.59. The third-order valence-corrected chi connectivity index (χ3v) is 4.10. The van der Waals surface area contributed by atoms with Gasteiger partial charge in [-0.3, -0.25) is 0 Å². The molecule has 6 heteroatoms. The van der Waals surface area contributed by atoms with Crippen molar-refractivity contribution in [3.05, 3.63) is 47.5 Å². The first-order valence-corrected chi connectivity index (χ1v) is 8.82. The van der Waals surface area contributed by atoms with E-state index >= 15 is 0 Å². The van der Waals surface area contributed by atoms with Gasteiger partial charge in [-0.25, -0.2) is 4.79 Å². The number of aryl methyl sites for hydroxylation is 1. The number of benzene rings is 2. The predicted octanol–water partition coefficient (Wildman–Crippen LogP) is 4.22. The number of amides is 2. The number of nitrogens with one attached hydrogen (secondary N) is 2. The molecule has 138 valence electrons. The molecule has 0 unspecified atom stereocenters. The highest BCUT2D eigenvalue weighted by Gasteiger charge is 2.13. The van der Waals surface area contributed by atoms with Crippen LogP contribution in [0.5, 0.6) is 17.2 Å². The van der Waals surface area contributed by atoms with Gasteiger partial charge in [0.2, 0.25) is 6.79 Å². The molecule has 1 heterocycles. The SMILES string of the molecule is CCCCOc1ccc(NC(=O)NCc2ccc3c(c2)OCO3)c(C)c1. The quantitative estimate of drug-likeness (QED) is 0.729.